The van der Waals surface area contributed by atoms with Crippen molar-refractivity contribution < 1.29 is 9.59 Å². The first-order chi connectivity index (χ1) is 15.1. The van der Waals surface area contributed by atoms with Crippen LogP contribution in [0.3, 0.4) is 0 Å². The van der Waals surface area contributed by atoms with Crippen LogP contribution >= 0.6 is 11.3 Å². The lowest BCUT2D eigenvalue weighted by atomic mass is 10.2. The summed E-state index contributed by atoms with van der Waals surface area (Å²) < 4.78 is 0. The number of nitrogens with one attached hydrogen (secondary N) is 2. The summed E-state index contributed by atoms with van der Waals surface area (Å²) in [6.07, 6.45) is 6.29. The van der Waals surface area contributed by atoms with Crippen LogP contribution in [-0.2, 0) is 6.54 Å². The van der Waals surface area contributed by atoms with Gasteiger partial charge in [-0.25, -0.2) is 9.78 Å². The van der Waals surface area contributed by atoms with Crippen LogP contribution in [0.25, 0.3) is 0 Å². The van der Waals surface area contributed by atoms with Crippen molar-refractivity contribution in [1.82, 2.24) is 14.9 Å². The van der Waals surface area contributed by atoms with Gasteiger partial charge >= 0.3 is 6.03 Å². The predicted molar refractivity (Wildman–Crippen MR) is 124 cm³/mol. The average Bonchev–Trinajstić information content (AvgIpc) is 3.28. The van der Waals surface area contributed by atoms with Gasteiger partial charge in [-0.15, -0.1) is 11.3 Å². The number of aromatic nitrogens is 2. The molecule has 8 nitrogen and oxygen atoms in total. The molecule has 0 spiro atoms. The second-order valence-corrected chi connectivity index (χ2v) is 7.88. The van der Waals surface area contributed by atoms with Crippen LogP contribution in [0.15, 0.2) is 54.2 Å². The van der Waals surface area contributed by atoms with Gasteiger partial charge in [-0.2, -0.15) is 0 Å². The number of para-hydroxylation sites is 2. The zero-order valence-corrected chi connectivity index (χ0v) is 18.2. The number of unbranched alkanes of at least 4 members (excludes halogenated alkanes) is 2. The molecule has 2 heterocycles. The fraction of sp³-hybridized carbons (Fsp3) is 0.273. The minimum absolute atomic E-state index is 0.201. The molecular formula is C22H26N6O2S. The Morgan fingerprint density at radius 3 is 2.61 bits per heavy atom. The van der Waals surface area contributed by atoms with E-state index >= 15 is 0 Å². The zero-order valence-electron chi connectivity index (χ0n) is 17.4. The van der Waals surface area contributed by atoms with Crippen LogP contribution in [0, 0.1) is 0 Å². The number of rotatable bonds is 9. The van der Waals surface area contributed by atoms with Crippen molar-refractivity contribution in [1.29, 1.82) is 0 Å². The highest BCUT2D eigenvalue weighted by Crippen LogP contribution is 2.18. The van der Waals surface area contributed by atoms with Gasteiger partial charge in [0.2, 0.25) is 0 Å². The molecule has 9 heteroatoms. The number of pyridine rings is 1. The normalized spacial score (nSPS) is 10.5. The Morgan fingerprint density at radius 2 is 1.94 bits per heavy atom. The van der Waals surface area contributed by atoms with Gasteiger partial charge < -0.3 is 16.0 Å². The third kappa shape index (κ3) is 6.51. The molecule has 1 aromatic carbocycles. The van der Waals surface area contributed by atoms with Gasteiger partial charge in [-0.1, -0.05) is 38.0 Å². The summed E-state index contributed by atoms with van der Waals surface area (Å²) in [6, 6.07) is 10.3. The minimum Gasteiger partial charge on any atom is -0.397 e. The van der Waals surface area contributed by atoms with E-state index in [1.165, 1.54) is 11.3 Å². The number of nitrogens with two attached hydrogens (primary N) is 1. The number of hydrogen-bond acceptors (Lipinski definition) is 6. The number of urea groups is 1. The zero-order chi connectivity index (χ0) is 22.1. The number of carbonyl (C=O) groups is 2. The molecule has 0 bridgehead atoms. The highest BCUT2D eigenvalue weighted by atomic mass is 32.1. The van der Waals surface area contributed by atoms with Crippen LogP contribution in [0.5, 0.6) is 0 Å². The highest BCUT2D eigenvalue weighted by molar-refractivity contribution is 7.13. The smallest absolute Gasteiger partial charge is 0.323 e. The predicted octanol–water partition coefficient (Wildman–Crippen LogP) is 4.60. The molecule has 2 aromatic heterocycles. The SMILES string of the molecule is CCCCCN(Cc1ccc(C(=O)Nc2ccccc2N)nc1)C(=O)Nc1nccs1. The second kappa shape index (κ2) is 11.1. The van der Waals surface area contributed by atoms with Gasteiger partial charge in [0.05, 0.1) is 11.4 Å². The Kier molecular flexibility index (Phi) is 7.94. The quantitative estimate of drug-likeness (QED) is 0.334. The summed E-state index contributed by atoms with van der Waals surface area (Å²) in [5.74, 6) is -0.342. The molecule has 3 aromatic rings. The number of thiazole rings is 1. The van der Waals surface area contributed by atoms with Crippen molar-refractivity contribution in [3.8, 4) is 0 Å². The van der Waals surface area contributed by atoms with Crippen LogP contribution in [0.2, 0.25) is 0 Å². The first-order valence-electron chi connectivity index (χ1n) is 10.1. The molecule has 0 atom stereocenters. The number of amides is 3. The maximum Gasteiger partial charge on any atom is 0.323 e. The minimum atomic E-state index is -0.342. The molecule has 3 rings (SSSR count). The van der Waals surface area contributed by atoms with E-state index in [0.717, 1.165) is 24.8 Å². The lowest BCUT2D eigenvalue weighted by Gasteiger charge is -2.22. The summed E-state index contributed by atoms with van der Waals surface area (Å²) in [4.78, 5) is 35.3. The highest BCUT2D eigenvalue weighted by Gasteiger charge is 2.16. The molecule has 0 aliphatic rings. The first-order valence-corrected chi connectivity index (χ1v) is 11.0. The monoisotopic (exact) mass is 438 g/mol. The molecule has 3 amide bonds. The molecule has 0 aliphatic heterocycles. The standard InChI is InChI=1S/C22H26N6O2S/c1-2-3-6-12-28(22(30)27-21-24-11-13-31-21)15-16-9-10-19(25-14-16)20(29)26-18-8-5-4-7-17(18)23/h4-5,7-11,13-14H,2-3,6,12,15,23H2,1H3,(H,26,29)(H,24,27,30). The fourth-order valence-corrected chi connectivity index (χ4v) is 3.45. The summed E-state index contributed by atoms with van der Waals surface area (Å²) in [5.41, 5.74) is 8.01. The van der Waals surface area contributed by atoms with Gasteiger partial charge in [0.25, 0.3) is 5.91 Å². The number of anilines is 3. The van der Waals surface area contributed by atoms with E-state index in [2.05, 4.69) is 27.5 Å². The maximum atomic E-state index is 12.7. The number of nitrogen functional groups attached to an aromatic ring is 1. The van der Waals surface area contributed by atoms with Crippen molar-refractivity contribution >= 4 is 39.8 Å². The van der Waals surface area contributed by atoms with Gasteiger partial charge in [0.15, 0.2) is 5.13 Å². The second-order valence-electron chi connectivity index (χ2n) is 6.99. The van der Waals surface area contributed by atoms with E-state index in [0.29, 0.717) is 29.6 Å². The van der Waals surface area contributed by atoms with E-state index in [1.54, 1.807) is 53.7 Å². The molecule has 0 fully saturated rings. The average molecular weight is 439 g/mol. The van der Waals surface area contributed by atoms with Crippen molar-refractivity contribution in [3.63, 3.8) is 0 Å². The molecule has 0 radical (unpaired) electrons. The molecule has 0 saturated carbocycles. The van der Waals surface area contributed by atoms with Crippen LogP contribution in [-0.4, -0.2) is 33.4 Å². The molecule has 0 aliphatic carbocycles. The fourth-order valence-electron chi connectivity index (χ4n) is 2.93. The number of nitrogens with zero attached hydrogens (tertiary/aromatic N) is 3. The summed E-state index contributed by atoms with van der Waals surface area (Å²) in [7, 11) is 0. The first kappa shape index (κ1) is 22.2. The van der Waals surface area contributed by atoms with Gasteiger partial charge in [0.1, 0.15) is 5.69 Å². The Hall–Kier alpha value is -3.46. The number of carbonyl (C=O) groups excluding carboxylic acids is 2. The lowest BCUT2D eigenvalue weighted by molar-refractivity contribution is 0.102. The summed E-state index contributed by atoms with van der Waals surface area (Å²) >= 11 is 1.37. The molecular weight excluding hydrogens is 412 g/mol. The third-order valence-corrected chi connectivity index (χ3v) is 5.29. The Labute approximate surface area is 185 Å². The third-order valence-electron chi connectivity index (χ3n) is 4.60. The summed E-state index contributed by atoms with van der Waals surface area (Å²) in [6.45, 7) is 3.14. The van der Waals surface area contributed by atoms with Crippen LogP contribution in [0.4, 0.5) is 21.3 Å². The van der Waals surface area contributed by atoms with Crippen LogP contribution < -0.4 is 16.4 Å². The largest absolute Gasteiger partial charge is 0.397 e. The Morgan fingerprint density at radius 1 is 1.10 bits per heavy atom. The van der Waals surface area contributed by atoms with Gasteiger partial charge in [-0.3, -0.25) is 15.1 Å². The van der Waals surface area contributed by atoms with Gasteiger partial charge in [0, 0.05) is 30.9 Å². The van der Waals surface area contributed by atoms with E-state index in [4.69, 9.17) is 5.73 Å². The molecule has 4 N–H and O–H groups in total. The molecule has 0 unspecified atom stereocenters. The van der Waals surface area contributed by atoms with Gasteiger partial charge in [-0.05, 0) is 30.2 Å². The topological polar surface area (TPSA) is 113 Å². The van der Waals surface area contributed by atoms with E-state index in [-0.39, 0.29) is 17.6 Å². The Balaban J connectivity index is 1.64. The number of benzene rings is 1. The van der Waals surface area contributed by atoms with E-state index in [1.807, 2.05) is 5.38 Å². The van der Waals surface area contributed by atoms with E-state index < -0.39 is 0 Å². The van der Waals surface area contributed by atoms with Crippen molar-refractivity contribution in [2.75, 3.05) is 22.9 Å². The maximum absolute atomic E-state index is 12.7. The van der Waals surface area contributed by atoms with Crippen LogP contribution in [0.1, 0.15) is 42.2 Å². The Bertz CT molecular complexity index is 992. The molecule has 31 heavy (non-hydrogen) atoms. The molecule has 162 valence electrons. The lowest BCUT2D eigenvalue weighted by Crippen LogP contribution is -2.35. The number of hydrogen-bond donors (Lipinski definition) is 3. The van der Waals surface area contributed by atoms with Crippen molar-refractivity contribution in [3.05, 3.63) is 65.4 Å². The van der Waals surface area contributed by atoms with Crippen molar-refractivity contribution in [2.24, 2.45) is 0 Å². The summed E-state index contributed by atoms with van der Waals surface area (Å²) in [5, 5.41) is 7.97. The van der Waals surface area contributed by atoms with E-state index in [9.17, 15) is 9.59 Å². The van der Waals surface area contributed by atoms with Crippen molar-refractivity contribution in [2.45, 2.75) is 32.7 Å². The molecule has 0 saturated heterocycles.